The van der Waals surface area contributed by atoms with Crippen molar-refractivity contribution in [1.29, 1.82) is 0 Å². The van der Waals surface area contributed by atoms with E-state index in [2.05, 4.69) is 26.3 Å². The van der Waals surface area contributed by atoms with Crippen LogP contribution < -0.4 is 5.32 Å². The number of carbonyl (C=O) groups is 1. The SMILES string of the molecule is Cc1ccccc1NC(=O)Cn1nc(C)c(Br)c1C. The van der Waals surface area contributed by atoms with Gasteiger partial charge in [-0.3, -0.25) is 9.48 Å². The van der Waals surface area contributed by atoms with E-state index < -0.39 is 0 Å². The molecule has 2 aromatic rings. The first-order valence-electron chi connectivity index (χ1n) is 6.04. The minimum Gasteiger partial charge on any atom is -0.324 e. The molecule has 5 heteroatoms. The van der Waals surface area contributed by atoms with E-state index in [9.17, 15) is 4.79 Å². The Morgan fingerprint density at radius 3 is 2.58 bits per heavy atom. The maximum absolute atomic E-state index is 12.0. The number of nitrogens with zero attached hydrogens (tertiary/aromatic N) is 2. The van der Waals surface area contributed by atoms with Crippen LogP contribution in [0.2, 0.25) is 0 Å². The smallest absolute Gasteiger partial charge is 0.246 e. The fourth-order valence-corrected chi connectivity index (χ4v) is 2.15. The topological polar surface area (TPSA) is 46.9 Å². The van der Waals surface area contributed by atoms with Crippen LogP contribution in [0.25, 0.3) is 0 Å². The zero-order valence-electron chi connectivity index (χ0n) is 11.2. The number of nitrogens with one attached hydrogen (secondary N) is 1. The molecule has 0 aliphatic heterocycles. The Bertz CT molecular complexity index is 619. The van der Waals surface area contributed by atoms with Gasteiger partial charge in [0.2, 0.25) is 5.91 Å². The Labute approximate surface area is 120 Å². The van der Waals surface area contributed by atoms with E-state index in [0.717, 1.165) is 27.1 Å². The molecule has 1 aromatic heterocycles. The maximum Gasteiger partial charge on any atom is 0.246 e. The summed E-state index contributed by atoms with van der Waals surface area (Å²) in [6, 6.07) is 7.71. The van der Waals surface area contributed by atoms with Crippen molar-refractivity contribution in [2.45, 2.75) is 27.3 Å². The van der Waals surface area contributed by atoms with Crippen molar-refractivity contribution in [3.8, 4) is 0 Å². The molecule has 0 atom stereocenters. The Balaban J connectivity index is 2.10. The number of anilines is 1. The molecule has 1 aromatic carbocycles. The second-order valence-electron chi connectivity index (χ2n) is 4.51. The molecular weight excluding hydrogens is 306 g/mol. The number of aryl methyl sites for hydroxylation is 2. The second-order valence-corrected chi connectivity index (χ2v) is 5.30. The van der Waals surface area contributed by atoms with Gasteiger partial charge in [-0.05, 0) is 48.3 Å². The zero-order chi connectivity index (χ0) is 14.0. The molecule has 0 aliphatic rings. The summed E-state index contributed by atoms with van der Waals surface area (Å²) in [6.07, 6.45) is 0. The van der Waals surface area contributed by atoms with Gasteiger partial charge in [-0.2, -0.15) is 5.10 Å². The van der Waals surface area contributed by atoms with Crippen LogP contribution in [0.15, 0.2) is 28.7 Å². The van der Waals surface area contributed by atoms with E-state index in [1.54, 1.807) is 4.68 Å². The molecule has 2 rings (SSSR count). The molecule has 1 N–H and O–H groups in total. The highest BCUT2D eigenvalue weighted by molar-refractivity contribution is 9.10. The largest absolute Gasteiger partial charge is 0.324 e. The Kier molecular flexibility index (Phi) is 4.04. The van der Waals surface area contributed by atoms with E-state index in [4.69, 9.17) is 0 Å². The molecule has 4 nitrogen and oxygen atoms in total. The van der Waals surface area contributed by atoms with Gasteiger partial charge in [0.05, 0.1) is 15.9 Å². The average molecular weight is 322 g/mol. The minimum absolute atomic E-state index is 0.0765. The summed E-state index contributed by atoms with van der Waals surface area (Å²) in [5, 5.41) is 7.22. The summed E-state index contributed by atoms with van der Waals surface area (Å²) in [7, 11) is 0. The molecule has 0 fully saturated rings. The highest BCUT2D eigenvalue weighted by Crippen LogP contribution is 2.20. The van der Waals surface area contributed by atoms with E-state index >= 15 is 0 Å². The van der Waals surface area contributed by atoms with Crippen LogP contribution in [0.1, 0.15) is 17.0 Å². The molecule has 1 amide bonds. The number of halogens is 1. The van der Waals surface area contributed by atoms with Gasteiger partial charge in [0, 0.05) is 5.69 Å². The maximum atomic E-state index is 12.0. The van der Waals surface area contributed by atoms with E-state index in [0.29, 0.717) is 0 Å². The first-order chi connectivity index (χ1) is 8.99. The van der Waals surface area contributed by atoms with Crippen molar-refractivity contribution in [3.63, 3.8) is 0 Å². The lowest BCUT2D eigenvalue weighted by molar-refractivity contribution is -0.116. The predicted molar refractivity (Wildman–Crippen MR) is 79.2 cm³/mol. The van der Waals surface area contributed by atoms with Crippen LogP contribution in [0.4, 0.5) is 5.69 Å². The Hall–Kier alpha value is -1.62. The predicted octanol–water partition coefficient (Wildman–Crippen LogP) is 3.21. The number of hydrogen-bond acceptors (Lipinski definition) is 2. The first kappa shape index (κ1) is 13.8. The van der Waals surface area contributed by atoms with Crippen molar-refractivity contribution >= 4 is 27.5 Å². The van der Waals surface area contributed by atoms with Crippen LogP contribution in [0.5, 0.6) is 0 Å². The Morgan fingerprint density at radius 2 is 2.00 bits per heavy atom. The van der Waals surface area contributed by atoms with Gasteiger partial charge >= 0.3 is 0 Å². The first-order valence-corrected chi connectivity index (χ1v) is 6.83. The molecular formula is C14H16BrN3O. The summed E-state index contributed by atoms with van der Waals surface area (Å²) >= 11 is 3.45. The van der Waals surface area contributed by atoms with Gasteiger partial charge in [0.1, 0.15) is 6.54 Å². The number of benzene rings is 1. The number of carbonyl (C=O) groups excluding carboxylic acids is 1. The average Bonchev–Trinajstić information content (AvgIpc) is 2.60. The second kappa shape index (κ2) is 5.57. The highest BCUT2D eigenvalue weighted by atomic mass is 79.9. The quantitative estimate of drug-likeness (QED) is 0.943. The zero-order valence-corrected chi connectivity index (χ0v) is 12.8. The number of para-hydroxylation sites is 1. The van der Waals surface area contributed by atoms with Crippen molar-refractivity contribution in [2.24, 2.45) is 0 Å². The number of aromatic nitrogens is 2. The van der Waals surface area contributed by atoms with Crippen LogP contribution in [0, 0.1) is 20.8 Å². The van der Waals surface area contributed by atoms with Crippen LogP contribution in [-0.2, 0) is 11.3 Å². The van der Waals surface area contributed by atoms with Crippen LogP contribution in [0.3, 0.4) is 0 Å². The lowest BCUT2D eigenvalue weighted by Gasteiger charge is -2.09. The van der Waals surface area contributed by atoms with Gasteiger partial charge in [-0.25, -0.2) is 0 Å². The fraction of sp³-hybridized carbons (Fsp3) is 0.286. The van der Waals surface area contributed by atoms with Crippen molar-refractivity contribution in [2.75, 3.05) is 5.32 Å². The van der Waals surface area contributed by atoms with Crippen molar-refractivity contribution < 1.29 is 4.79 Å². The summed E-state index contributed by atoms with van der Waals surface area (Å²) in [5.41, 5.74) is 3.73. The molecule has 0 saturated carbocycles. The third kappa shape index (κ3) is 3.04. The molecule has 0 aliphatic carbocycles. The minimum atomic E-state index is -0.0765. The van der Waals surface area contributed by atoms with Gasteiger partial charge in [-0.15, -0.1) is 0 Å². The van der Waals surface area contributed by atoms with Crippen LogP contribution in [-0.4, -0.2) is 15.7 Å². The standard InChI is InChI=1S/C14H16BrN3O/c1-9-6-4-5-7-12(9)16-13(19)8-18-11(3)14(15)10(2)17-18/h4-7H,8H2,1-3H3,(H,16,19). The van der Waals surface area contributed by atoms with Gasteiger partial charge in [0.15, 0.2) is 0 Å². The molecule has 0 bridgehead atoms. The molecule has 0 unspecified atom stereocenters. The molecule has 19 heavy (non-hydrogen) atoms. The molecule has 0 spiro atoms. The third-order valence-corrected chi connectivity index (χ3v) is 4.15. The summed E-state index contributed by atoms with van der Waals surface area (Å²) in [5.74, 6) is -0.0765. The lowest BCUT2D eigenvalue weighted by atomic mass is 10.2. The van der Waals surface area contributed by atoms with E-state index in [1.807, 2.05) is 45.0 Å². The number of amides is 1. The van der Waals surface area contributed by atoms with Crippen molar-refractivity contribution in [3.05, 3.63) is 45.7 Å². The van der Waals surface area contributed by atoms with Gasteiger partial charge in [0.25, 0.3) is 0 Å². The lowest BCUT2D eigenvalue weighted by Crippen LogP contribution is -2.20. The molecule has 100 valence electrons. The third-order valence-electron chi connectivity index (χ3n) is 3.01. The molecule has 0 saturated heterocycles. The number of rotatable bonds is 3. The van der Waals surface area contributed by atoms with Gasteiger partial charge < -0.3 is 5.32 Å². The van der Waals surface area contributed by atoms with Gasteiger partial charge in [-0.1, -0.05) is 18.2 Å². The Morgan fingerprint density at radius 1 is 1.32 bits per heavy atom. The van der Waals surface area contributed by atoms with E-state index in [-0.39, 0.29) is 12.5 Å². The normalized spacial score (nSPS) is 10.5. The number of hydrogen-bond donors (Lipinski definition) is 1. The fourth-order valence-electron chi connectivity index (χ4n) is 1.87. The molecule has 1 heterocycles. The van der Waals surface area contributed by atoms with Crippen LogP contribution >= 0.6 is 15.9 Å². The highest BCUT2D eigenvalue weighted by Gasteiger charge is 2.12. The summed E-state index contributed by atoms with van der Waals surface area (Å²) in [4.78, 5) is 12.0. The summed E-state index contributed by atoms with van der Waals surface area (Å²) in [6.45, 7) is 6.03. The van der Waals surface area contributed by atoms with E-state index in [1.165, 1.54) is 0 Å². The summed E-state index contributed by atoms with van der Waals surface area (Å²) < 4.78 is 2.66. The molecule has 0 radical (unpaired) electrons. The monoisotopic (exact) mass is 321 g/mol. The van der Waals surface area contributed by atoms with Crippen molar-refractivity contribution in [1.82, 2.24) is 9.78 Å².